The van der Waals surface area contributed by atoms with Gasteiger partial charge in [0.1, 0.15) is 0 Å². The number of carbonyl (C=O) groups excluding carboxylic acids is 2. The van der Waals surface area contributed by atoms with E-state index in [4.69, 9.17) is 4.74 Å². The van der Waals surface area contributed by atoms with E-state index in [9.17, 15) is 18.0 Å². The van der Waals surface area contributed by atoms with Crippen molar-refractivity contribution >= 4 is 54.3 Å². The first kappa shape index (κ1) is 24.0. The second-order valence-corrected chi connectivity index (χ2v) is 11.3. The smallest absolute Gasteiger partial charge is 0.338 e. The van der Waals surface area contributed by atoms with Gasteiger partial charge < -0.3 is 4.74 Å². The number of sulfonamides is 1. The van der Waals surface area contributed by atoms with Gasteiger partial charge in [0.05, 0.1) is 26.4 Å². The molecule has 5 rings (SSSR count). The van der Waals surface area contributed by atoms with Crippen LogP contribution in [-0.2, 0) is 26.0 Å². The lowest BCUT2D eigenvalue weighted by atomic mass is 10.0. The summed E-state index contributed by atoms with van der Waals surface area (Å²) in [7, 11) is -3.88. The molecule has 1 amide bonds. The second-order valence-electron chi connectivity index (χ2n) is 8.45. The Hall–Kier alpha value is -3.76. The zero-order chi connectivity index (χ0) is 25.3. The topological polar surface area (TPSA) is 106 Å². The average Bonchev–Trinajstić information content (AvgIpc) is 3.28. The number of hydrogen-bond donors (Lipinski definition) is 1. The van der Waals surface area contributed by atoms with E-state index in [1.807, 2.05) is 37.3 Å². The first-order chi connectivity index (χ1) is 17.3. The summed E-state index contributed by atoms with van der Waals surface area (Å²) in [5, 5.41) is 3.04. The molecule has 10 heteroatoms. The predicted molar refractivity (Wildman–Crippen MR) is 139 cm³/mol. The molecule has 184 valence electrons. The fourth-order valence-electron chi connectivity index (χ4n) is 4.11. The predicted octanol–water partition coefficient (Wildman–Crippen LogP) is 4.54. The van der Waals surface area contributed by atoms with Crippen molar-refractivity contribution in [3.05, 3.63) is 83.4 Å². The Morgan fingerprint density at radius 1 is 1.08 bits per heavy atom. The highest BCUT2D eigenvalue weighted by Crippen LogP contribution is 2.32. The Kier molecular flexibility index (Phi) is 6.46. The molecule has 0 spiro atoms. The number of ether oxygens (including phenoxy) is 1. The van der Waals surface area contributed by atoms with Gasteiger partial charge in [-0.25, -0.2) is 18.2 Å². The Labute approximate surface area is 212 Å². The van der Waals surface area contributed by atoms with E-state index in [1.165, 1.54) is 39.9 Å². The lowest BCUT2D eigenvalue weighted by Crippen LogP contribution is -2.35. The molecular weight excluding hydrogens is 498 g/mol. The van der Waals surface area contributed by atoms with Crippen LogP contribution < -0.4 is 9.62 Å². The Balaban J connectivity index is 1.26. The number of rotatable bonds is 6. The first-order valence-electron chi connectivity index (χ1n) is 11.4. The van der Waals surface area contributed by atoms with Crippen molar-refractivity contribution in [1.82, 2.24) is 4.98 Å². The number of aromatic nitrogens is 1. The van der Waals surface area contributed by atoms with Crippen LogP contribution in [0, 0.1) is 6.92 Å². The Morgan fingerprint density at radius 3 is 2.78 bits per heavy atom. The van der Waals surface area contributed by atoms with E-state index in [0.717, 1.165) is 27.8 Å². The number of carbonyl (C=O) groups is 2. The van der Waals surface area contributed by atoms with Gasteiger partial charge >= 0.3 is 5.97 Å². The number of esters is 1. The van der Waals surface area contributed by atoms with E-state index < -0.39 is 28.5 Å². The highest BCUT2D eigenvalue weighted by Gasteiger charge is 2.29. The van der Waals surface area contributed by atoms with Crippen LogP contribution in [-0.4, -0.2) is 38.4 Å². The normalized spacial score (nSPS) is 13.3. The van der Waals surface area contributed by atoms with Crippen molar-refractivity contribution in [2.24, 2.45) is 0 Å². The third-order valence-corrected chi connectivity index (χ3v) is 8.59. The molecule has 0 atom stereocenters. The van der Waals surface area contributed by atoms with Crippen LogP contribution in [0.15, 0.2) is 71.6 Å². The zero-order valence-electron chi connectivity index (χ0n) is 19.4. The van der Waals surface area contributed by atoms with Crippen LogP contribution >= 0.6 is 11.3 Å². The van der Waals surface area contributed by atoms with Gasteiger partial charge in [-0.05, 0) is 67.3 Å². The van der Waals surface area contributed by atoms with Crippen molar-refractivity contribution in [3.8, 4) is 0 Å². The highest BCUT2D eigenvalue weighted by atomic mass is 32.2. The molecule has 1 aliphatic rings. The second kappa shape index (κ2) is 9.71. The summed E-state index contributed by atoms with van der Waals surface area (Å²) in [6.45, 7) is 1.81. The molecule has 1 aliphatic heterocycles. The van der Waals surface area contributed by atoms with Gasteiger partial charge in [-0.3, -0.25) is 14.4 Å². The molecule has 3 aromatic carbocycles. The molecule has 36 heavy (non-hydrogen) atoms. The lowest BCUT2D eigenvalue weighted by molar-refractivity contribution is -0.119. The van der Waals surface area contributed by atoms with Gasteiger partial charge in [-0.15, -0.1) is 0 Å². The molecule has 2 heterocycles. The molecule has 0 radical (unpaired) electrons. The van der Waals surface area contributed by atoms with Crippen molar-refractivity contribution in [2.75, 3.05) is 22.8 Å². The van der Waals surface area contributed by atoms with Crippen molar-refractivity contribution in [2.45, 2.75) is 24.7 Å². The molecule has 0 bridgehead atoms. The van der Waals surface area contributed by atoms with Crippen LogP contribution in [0.25, 0.3) is 10.2 Å². The Bertz CT molecular complexity index is 1580. The van der Waals surface area contributed by atoms with Crippen LogP contribution in [0.3, 0.4) is 0 Å². The summed E-state index contributed by atoms with van der Waals surface area (Å²) in [6, 6.07) is 18.9. The van der Waals surface area contributed by atoms with Gasteiger partial charge in [0.15, 0.2) is 11.7 Å². The molecular formula is C26H23N3O5S2. The fourth-order valence-corrected chi connectivity index (χ4v) is 6.68. The van der Waals surface area contributed by atoms with Crippen LogP contribution in [0.4, 0.5) is 10.8 Å². The van der Waals surface area contributed by atoms with Gasteiger partial charge in [-0.2, -0.15) is 0 Å². The fraction of sp³-hybridized carbons (Fsp3) is 0.192. The summed E-state index contributed by atoms with van der Waals surface area (Å²) in [6.07, 6.45) is 1.52. The number of benzene rings is 3. The molecule has 0 saturated carbocycles. The maximum Gasteiger partial charge on any atom is 0.338 e. The quantitative estimate of drug-likeness (QED) is 0.374. The number of nitrogens with zero attached hydrogens (tertiary/aromatic N) is 2. The molecule has 4 aromatic rings. The largest absolute Gasteiger partial charge is 0.452 e. The summed E-state index contributed by atoms with van der Waals surface area (Å²) in [5.74, 6) is -1.33. The number of amides is 1. The van der Waals surface area contributed by atoms with Gasteiger partial charge in [0.2, 0.25) is 0 Å². The van der Waals surface area contributed by atoms with Crippen LogP contribution in [0.5, 0.6) is 0 Å². The standard InChI is InChI=1S/C26H23N3O5S2/c1-17-11-12-21-23(14-17)35-26(27-21)28-24(30)16-34-25(31)19-7-4-9-20(15-19)36(32,33)29-13-5-8-18-6-2-3-10-22(18)29/h2-4,6-7,9-12,14-15H,5,8,13,16H2,1H3,(H,27,28,30). The van der Waals surface area contributed by atoms with E-state index >= 15 is 0 Å². The number of nitrogens with one attached hydrogen (secondary N) is 1. The molecule has 8 nitrogen and oxygen atoms in total. The number of anilines is 2. The van der Waals surface area contributed by atoms with E-state index in [1.54, 1.807) is 12.1 Å². The summed E-state index contributed by atoms with van der Waals surface area (Å²) in [4.78, 5) is 29.3. The third kappa shape index (κ3) is 4.82. The lowest BCUT2D eigenvalue weighted by Gasteiger charge is -2.30. The van der Waals surface area contributed by atoms with Gasteiger partial charge in [0, 0.05) is 6.54 Å². The number of fused-ring (bicyclic) bond motifs is 2. The zero-order valence-corrected chi connectivity index (χ0v) is 21.1. The van der Waals surface area contributed by atoms with E-state index in [2.05, 4.69) is 10.3 Å². The van der Waals surface area contributed by atoms with Gasteiger partial charge in [-0.1, -0.05) is 41.7 Å². The van der Waals surface area contributed by atoms with Crippen molar-refractivity contribution in [3.63, 3.8) is 0 Å². The minimum atomic E-state index is -3.88. The first-order valence-corrected chi connectivity index (χ1v) is 13.6. The maximum absolute atomic E-state index is 13.4. The SMILES string of the molecule is Cc1ccc2nc(NC(=O)COC(=O)c3cccc(S(=O)(=O)N4CCCc5ccccc54)c3)sc2c1. The van der Waals surface area contributed by atoms with E-state index in [0.29, 0.717) is 23.8 Å². The van der Waals surface area contributed by atoms with Crippen LogP contribution in [0.1, 0.15) is 27.9 Å². The third-order valence-electron chi connectivity index (χ3n) is 5.85. The number of thiazole rings is 1. The number of hydrogen-bond acceptors (Lipinski definition) is 7. The van der Waals surface area contributed by atoms with Crippen molar-refractivity contribution < 1.29 is 22.7 Å². The minimum Gasteiger partial charge on any atom is -0.452 e. The number of aryl methyl sites for hydroxylation is 2. The molecule has 1 N–H and O–H groups in total. The molecule has 1 aromatic heterocycles. The minimum absolute atomic E-state index is 0.0112. The monoisotopic (exact) mass is 521 g/mol. The number of para-hydroxylation sites is 1. The molecule has 0 saturated heterocycles. The van der Waals surface area contributed by atoms with E-state index in [-0.39, 0.29) is 10.5 Å². The van der Waals surface area contributed by atoms with Gasteiger partial charge in [0.25, 0.3) is 15.9 Å². The summed E-state index contributed by atoms with van der Waals surface area (Å²) in [5.41, 5.74) is 3.53. The summed E-state index contributed by atoms with van der Waals surface area (Å²) < 4.78 is 34.2. The average molecular weight is 522 g/mol. The van der Waals surface area contributed by atoms with Crippen molar-refractivity contribution in [1.29, 1.82) is 0 Å². The highest BCUT2D eigenvalue weighted by molar-refractivity contribution is 7.92. The summed E-state index contributed by atoms with van der Waals surface area (Å²) >= 11 is 1.33. The molecule has 0 aliphatic carbocycles. The Morgan fingerprint density at radius 2 is 1.92 bits per heavy atom. The van der Waals surface area contributed by atoms with Crippen LogP contribution in [0.2, 0.25) is 0 Å². The maximum atomic E-state index is 13.4. The molecule has 0 fully saturated rings. The molecule has 0 unspecified atom stereocenters.